The first-order valence-corrected chi connectivity index (χ1v) is 10.8. The Hall–Kier alpha value is -2.20. The van der Waals surface area contributed by atoms with Crippen molar-refractivity contribution >= 4 is 23.5 Å². The number of rotatable bonds is 13. The molecule has 27 heavy (non-hydrogen) atoms. The van der Waals surface area contributed by atoms with Gasteiger partial charge in [-0.15, -0.1) is 0 Å². The number of nitro groups is 1. The SMILES string of the molecule is Cc1nc[nH]c1CSCCN/C(=C\[N+](=O)[O-])NCCSCc1cccnc1. The van der Waals surface area contributed by atoms with Crippen LogP contribution in [0.2, 0.25) is 0 Å². The molecule has 0 saturated heterocycles. The van der Waals surface area contributed by atoms with E-state index in [0.29, 0.717) is 18.9 Å². The number of nitrogens with one attached hydrogen (secondary N) is 3. The van der Waals surface area contributed by atoms with E-state index in [1.165, 1.54) is 5.56 Å². The molecule has 2 heterocycles. The Kier molecular flexibility index (Phi) is 9.56. The van der Waals surface area contributed by atoms with Gasteiger partial charge in [0.25, 0.3) is 6.20 Å². The highest BCUT2D eigenvalue weighted by atomic mass is 32.2. The van der Waals surface area contributed by atoms with Crippen LogP contribution in [0.1, 0.15) is 17.0 Å². The number of aryl methyl sites for hydroxylation is 1. The molecular formula is C17H24N6O2S2. The lowest BCUT2D eigenvalue weighted by molar-refractivity contribution is -0.404. The Bertz CT molecular complexity index is 723. The molecule has 0 spiro atoms. The highest BCUT2D eigenvalue weighted by Gasteiger charge is 2.04. The molecule has 0 aliphatic carbocycles. The van der Waals surface area contributed by atoms with Crippen molar-refractivity contribution in [3.05, 3.63) is 69.9 Å². The molecule has 0 radical (unpaired) electrons. The smallest absolute Gasteiger partial charge is 0.274 e. The molecule has 0 aromatic carbocycles. The van der Waals surface area contributed by atoms with Gasteiger partial charge in [0.1, 0.15) is 0 Å². The second-order valence-electron chi connectivity index (χ2n) is 5.61. The van der Waals surface area contributed by atoms with Crippen molar-refractivity contribution in [2.45, 2.75) is 18.4 Å². The van der Waals surface area contributed by atoms with E-state index in [0.717, 1.165) is 40.6 Å². The van der Waals surface area contributed by atoms with E-state index in [4.69, 9.17) is 0 Å². The normalized spacial score (nSPS) is 11.4. The molecule has 0 aliphatic rings. The number of thioether (sulfide) groups is 2. The molecule has 0 amide bonds. The van der Waals surface area contributed by atoms with Crippen LogP contribution in [0, 0.1) is 17.0 Å². The maximum absolute atomic E-state index is 10.8. The molecular weight excluding hydrogens is 384 g/mol. The minimum Gasteiger partial charge on any atom is -0.366 e. The van der Waals surface area contributed by atoms with Gasteiger partial charge in [0.2, 0.25) is 0 Å². The molecule has 0 aliphatic heterocycles. The minimum absolute atomic E-state index is 0.445. The van der Waals surface area contributed by atoms with Gasteiger partial charge in [0.15, 0.2) is 5.82 Å². The van der Waals surface area contributed by atoms with Crippen LogP contribution in [0.5, 0.6) is 0 Å². The zero-order valence-electron chi connectivity index (χ0n) is 15.2. The fourth-order valence-corrected chi connectivity index (χ4v) is 3.84. The highest BCUT2D eigenvalue weighted by molar-refractivity contribution is 7.98. The largest absolute Gasteiger partial charge is 0.366 e. The summed E-state index contributed by atoms with van der Waals surface area (Å²) in [5.41, 5.74) is 3.30. The van der Waals surface area contributed by atoms with E-state index in [9.17, 15) is 10.1 Å². The summed E-state index contributed by atoms with van der Waals surface area (Å²) in [5.74, 6) is 3.85. The van der Waals surface area contributed by atoms with Crippen LogP contribution in [0.25, 0.3) is 0 Å². The Morgan fingerprint density at radius 3 is 2.63 bits per heavy atom. The monoisotopic (exact) mass is 408 g/mol. The second kappa shape index (κ2) is 12.2. The predicted octanol–water partition coefficient (Wildman–Crippen LogP) is 2.53. The van der Waals surface area contributed by atoms with Gasteiger partial charge in [0.05, 0.1) is 16.9 Å². The van der Waals surface area contributed by atoms with Crippen molar-refractivity contribution in [1.82, 2.24) is 25.6 Å². The van der Waals surface area contributed by atoms with Crippen molar-refractivity contribution in [3.63, 3.8) is 0 Å². The first-order chi connectivity index (χ1) is 13.1. The third kappa shape index (κ3) is 8.83. The van der Waals surface area contributed by atoms with Crippen LogP contribution in [0.15, 0.2) is 42.9 Å². The summed E-state index contributed by atoms with van der Waals surface area (Å²) < 4.78 is 0. The summed E-state index contributed by atoms with van der Waals surface area (Å²) in [4.78, 5) is 21.7. The fourth-order valence-electron chi connectivity index (χ4n) is 2.16. The van der Waals surface area contributed by atoms with E-state index in [2.05, 4.69) is 25.6 Å². The van der Waals surface area contributed by atoms with Gasteiger partial charge in [-0.3, -0.25) is 15.1 Å². The highest BCUT2D eigenvalue weighted by Crippen LogP contribution is 2.12. The van der Waals surface area contributed by atoms with Gasteiger partial charge in [-0.25, -0.2) is 4.98 Å². The van der Waals surface area contributed by atoms with E-state index in [-0.39, 0.29) is 0 Å². The number of pyridine rings is 1. The standard InChI is InChI=1S/C17H24N6O2S2/c1-14-16(22-13-21-14)12-27-8-6-20-17(10-23(24)25)19-5-7-26-11-15-3-2-4-18-9-15/h2-4,9-10,13,19-20H,5-8,11-12H2,1H3,(H,21,22)/b17-10-. The molecule has 2 aromatic heterocycles. The molecule has 146 valence electrons. The van der Waals surface area contributed by atoms with Gasteiger partial charge in [0, 0.05) is 54.2 Å². The zero-order chi connectivity index (χ0) is 19.3. The summed E-state index contributed by atoms with van der Waals surface area (Å²) >= 11 is 3.51. The van der Waals surface area contributed by atoms with Gasteiger partial charge < -0.3 is 15.6 Å². The molecule has 0 atom stereocenters. The molecule has 8 nitrogen and oxygen atoms in total. The van der Waals surface area contributed by atoms with Gasteiger partial charge in [-0.2, -0.15) is 23.5 Å². The minimum atomic E-state index is -0.445. The number of hydrogen-bond acceptors (Lipinski definition) is 8. The molecule has 0 unspecified atom stereocenters. The Labute approximate surface area is 167 Å². The lowest BCUT2D eigenvalue weighted by atomic mass is 10.3. The molecule has 2 aromatic rings. The number of aromatic nitrogens is 3. The summed E-state index contributed by atoms with van der Waals surface area (Å²) in [5, 5.41) is 17.0. The Morgan fingerprint density at radius 2 is 2.04 bits per heavy atom. The van der Waals surface area contributed by atoms with E-state index in [1.807, 2.05) is 25.3 Å². The third-order valence-corrected chi connectivity index (χ3v) is 5.55. The van der Waals surface area contributed by atoms with Crippen LogP contribution in [0.3, 0.4) is 0 Å². The second-order valence-corrected chi connectivity index (χ2v) is 7.82. The van der Waals surface area contributed by atoms with E-state index >= 15 is 0 Å². The maximum Gasteiger partial charge on any atom is 0.274 e. The zero-order valence-corrected chi connectivity index (χ0v) is 16.8. The Balaban J connectivity index is 1.61. The first kappa shape index (κ1) is 21.1. The van der Waals surface area contributed by atoms with Crippen molar-refractivity contribution in [2.75, 3.05) is 24.6 Å². The summed E-state index contributed by atoms with van der Waals surface area (Å²) in [6.45, 7) is 3.27. The van der Waals surface area contributed by atoms with Crippen molar-refractivity contribution in [1.29, 1.82) is 0 Å². The van der Waals surface area contributed by atoms with Gasteiger partial charge in [-0.1, -0.05) is 6.07 Å². The maximum atomic E-state index is 10.8. The number of nitrogens with zero attached hydrogens (tertiary/aromatic N) is 3. The van der Waals surface area contributed by atoms with Crippen LogP contribution in [-0.4, -0.2) is 44.5 Å². The van der Waals surface area contributed by atoms with Crippen LogP contribution in [-0.2, 0) is 11.5 Å². The molecule has 10 heteroatoms. The van der Waals surface area contributed by atoms with Crippen molar-refractivity contribution < 1.29 is 4.92 Å². The average Bonchev–Trinajstić information content (AvgIpc) is 3.06. The number of H-pyrrole nitrogens is 1. The summed E-state index contributed by atoms with van der Waals surface area (Å²) in [6.07, 6.45) is 6.28. The molecule has 0 fully saturated rings. The lowest BCUT2D eigenvalue weighted by Gasteiger charge is -2.11. The molecule has 0 bridgehead atoms. The lowest BCUT2D eigenvalue weighted by Crippen LogP contribution is -2.30. The molecule has 0 saturated carbocycles. The number of aromatic amines is 1. The van der Waals surface area contributed by atoms with Crippen molar-refractivity contribution in [3.8, 4) is 0 Å². The predicted molar refractivity (Wildman–Crippen MR) is 111 cm³/mol. The third-order valence-electron chi connectivity index (χ3n) is 3.53. The van der Waals surface area contributed by atoms with E-state index < -0.39 is 4.92 Å². The first-order valence-electron chi connectivity index (χ1n) is 8.51. The van der Waals surface area contributed by atoms with Crippen molar-refractivity contribution in [2.24, 2.45) is 0 Å². The fraction of sp³-hybridized carbons (Fsp3) is 0.412. The van der Waals surface area contributed by atoms with Gasteiger partial charge in [-0.05, 0) is 18.6 Å². The Morgan fingerprint density at radius 1 is 1.30 bits per heavy atom. The quantitative estimate of drug-likeness (QED) is 0.264. The number of imidazole rings is 1. The topological polar surface area (TPSA) is 109 Å². The van der Waals surface area contributed by atoms with Crippen LogP contribution >= 0.6 is 23.5 Å². The van der Waals surface area contributed by atoms with E-state index in [1.54, 1.807) is 36.0 Å². The van der Waals surface area contributed by atoms with Crippen LogP contribution < -0.4 is 10.6 Å². The average molecular weight is 409 g/mol. The van der Waals surface area contributed by atoms with Crippen LogP contribution in [0.4, 0.5) is 0 Å². The molecule has 2 rings (SSSR count). The summed E-state index contributed by atoms with van der Waals surface area (Å²) in [6, 6.07) is 3.96. The number of hydrogen-bond donors (Lipinski definition) is 3. The summed E-state index contributed by atoms with van der Waals surface area (Å²) in [7, 11) is 0. The molecule has 3 N–H and O–H groups in total. The van der Waals surface area contributed by atoms with Gasteiger partial charge >= 0.3 is 0 Å².